The lowest BCUT2D eigenvalue weighted by molar-refractivity contribution is -0.143. The van der Waals surface area contributed by atoms with Crippen molar-refractivity contribution in [2.75, 3.05) is 20.2 Å². The van der Waals surface area contributed by atoms with E-state index < -0.39 is 36.1 Å². The molecular weight excluding hydrogens is 303 g/mol. The predicted octanol–water partition coefficient (Wildman–Crippen LogP) is 2.26. The first-order valence-corrected chi connectivity index (χ1v) is 6.38. The van der Waals surface area contributed by atoms with Gasteiger partial charge in [0.25, 0.3) is 5.91 Å². The Morgan fingerprint density at radius 3 is 2.55 bits per heavy atom. The highest BCUT2D eigenvalue weighted by molar-refractivity contribution is 5.78. The number of carbonyl (C=O) groups excluding carboxylic acids is 1. The monoisotopic (exact) mass is 319 g/mol. The molecule has 8 heteroatoms. The smallest absolute Gasteiger partial charge is 0.416 e. The van der Waals surface area contributed by atoms with Crippen LogP contribution < -0.4 is 4.74 Å². The van der Waals surface area contributed by atoms with Crippen molar-refractivity contribution >= 4 is 11.9 Å². The first-order chi connectivity index (χ1) is 10.1. The number of nitrogens with zero attached hydrogens (tertiary/aromatic N) is 1. The molecule has 5 nitrogen and oxygen atoms in total. The van der Waals surface area contributed by atoms with Crippen molar-refractivity contribution in [1.82, 2.24) is 4.90 Å². The summed E-state index contributed by atoms with van der Waals surface area (Å²) in [4.78, 5) is 23.6. The summed E-state index contributed by atoms with van der Waals surface area (Å²) in [7, 11) is 1.40. The van der Waals surface area contributed by atoms with Gasteiger partial charge in [0.05, 0.1) is 11.5 Å². The third kappa shape index (κ3) is 5.27. The van der Waals surface area contributed by atoms with E-state index in [1.807, 2.05) is 0 Å². The molecule has 0 heterocycles. The van der Waals surface area contributed by atoms with E-state index in [2.05, 4.69) is 0 Å². The summed E-state index contributed by atoms with van der Waals surface area (Å²) in [6, 6.07) is 4.18. The molecular formula is C14H16F3NO4. The molecule has 0 fully saturated rings. The molecule has 0 bridgehead atoms. The van der Waals surface area contributed by atoms with Crippen LogP contribution in [0.4, 0.5) is 13.2 Å². The van der Waals surface area contributed by atoms with Gasteiger partial charge in [0.1, 0.15) is 5.75 Å². The number of aliphatic carboxylic acids is 1. The molecule has 1 atom stereocenters. The maximum absolute atomic E-state index is 12.5. The third-order valence-corrected chi connectivity index (χ3v) is 2.92. The van der Waals surface area contributed by atoms with Gasteiger partial charge < -0.3 is 14.7 Å². The van der Waals surface area contributed by atoms with Crippen molar-refractivity contribution < 1.29 is 32.6 Å². The largest absolute Gasteiger partial charge is 0.484 e. The van der Waals surface area contributed by atoms with Gasteiger partial charge in [0.15, 0.2) is 6.61 Å². The van der Waals surface area contributed by atoms with Crippen LogP contribution in [-0.4, -0.2) is 42.1 Å². The lowest BCUT2D eigenvalue weighted by Crippen LogP contribution is -2.36. The van der Waals surface area contributed by atoms with Crippen LogP contribution >= 0.6 is 0 Å². The summed E-state index contributed by atoms with van der Waals surface area (Å²) in [6.45, 7) is 0.962. The number of carboxylic acid groups (broad SMARTS) is 1. The zero-order chi connectivity index (χ0) is 16.9. The van der Waals surface area contributed by atoms with Crippen LogP contribution in [0.5, 0.6) is 5.75 Å². The minimum absolute atomic E-state index is 0.0138. The number of hydrogen-bond donors (Lipinski definition) is 1. The minimum atomic E-state index is -4.49. The van der Waals surface area contributed by atoms with Crippen LogP contribution in [0.1, 0.15) is 12.5 Å². The van der Waals surface area contributed by atoms with Crippen molar-refractivity contribution in [3.63, 3.8) is 0 Å². The molecule has 1 amide bonds. The molecule has 0 aliphatic carbocycles. The van der Waals surface area contributed by atoms with E-state index >= 15 is 0 Å². The number of alkyl halides is 3. The van der Waals surface area contributed by atoms with E-state index in [1.165, 1.54) is 26.1 Å². The van der Waals surface area contributed by atoms with Crippen LogP contribution in [0.3, 0.4) is 0 Å². The molecule has 1 aromatic rings. The van der Waals surface area contributed by atoms with Gasteiger partial charge in [-0.25, -0.2) is 0 Å². The van der Waals surface area contributed by atoms with Gasteiger partial charge in [-0.1, -0.05) is 13.0 Å². The maximum Gasteiger partial charge on any atom is 0.416 e. The van der Waals surface area contributed by atoms with E-state index in [9.17, 15) is 22.8 Å². The van der Waals surface area contributed by atoms with Crippen molar-refractivity contribution in [2.24, 2.45) is 5.92 Å². The molecule has 1 aromatic carbocycles. The Morgan fingerprint density at radius 2 is 2.00 bits per heavy atom. The number of carboxylic acids is 1. The van der Waals surface area contributed by atoms with Crippen LogP contribution in [0.25, 0.3) is 0 Å². The average molecular weight is 319 g/mol. The number of carbonyl (C=O) groups is 2. The first kappa shape index (κ1) is 17.8. The average Bonchev–Trinajstić information content (AvgIpc) is 2.43. The summed E-state index contributed by atoms with van der Waals surface area (Å²) in [5.41, 5.74) is -0.870. The molecule has 0 saturated heterocycles. The number of amides is 1. The quantitative estimate of drug-likeness (QED) is 0.873. The highest BCUT2D eigenvalue weighted by atomic mass is 19.4. The Morgan fingerprint density at radius 1 is 1.36 bits per heavy atom. The molecule has 0 aliphatic heterocycles. The summed E-state index contributed by atoms with van der Waals surface area (Å²) < 4.78 is 42.6. The third-order valence-electron chi connectivity index (χ3n) is 2.92. The van der Waals surface area contributed by atoms with Gasteiger partial charge in [-0.3, -0.25) is 9.59 Å². The molecule has 1 unspecified atom stereocenters. The van der Waals surface area contributed by atoms with E-state index in [-0.39, 0.29) is 12.3 Å². The molecule has 0 spiro atoms. The second-order valence-corrected chi connectivity index (χ2v) is 4.83. The number of ether oxygens (including phenoxy) is 1. The van der Waals surface area contributed by atoms with Crippen LogP contribution in [-0.2, 0) is 15.8 Å². The Kier molecular flexibility index (Phi) is 5.78. The Balaban J connectivity index is 2.59. The molecule has 1 rings (SSSR count). The van der Waals surface area contributed by atoms with E-state index in [0.717, 1.165) is 17.0 Å². The Labute approximate surface area is 125 Å². The van der Waals surface area contributed by atoms with Crippen molar-refractivity contribution in [1.29, 1.82) is 0 Å². The normalized spacial score (nSPS) is 12.6. The molecule has 0 aromatic heterocycles. The maximum atomic E-state index is 12.5. The van der Waals surface area contributed by atoms with E-state index in [4.69, 9.17) is 9.84 Å². The van der Waals surface area contributed by atoms with Crippen LogP contribution in [0, 0.1) is 5.92 Å². The van der Waals surface area contributed by atoms with Gasteiger partial charge in [0.2, 0.25) is 0 Å². The van der Waals surface area contributed by atoms with E-state index in [1.54, 1.807) is 0 Å². The lowest BCUT2D eigenvalue weighted by Gasteiger charge is -2.19. The second-order valence-electron chi connectivity index (χ2n) is 4.83. The zero-order valence-electron chi connectivity index (χ0n) is 12.1. The SMILES string of the molecule is CC(CN(C)C(=O)COc1cccc(C(F)(F)F)c1)C(=O)O. The van der Waals surface area contributed by atoms with Gasteiger partial charge in [-0.05, 0) is 18.2 Å². The van der Waals surface area contributed by atoms with Crippen molar-refractivity contribution in [3.05, 3.63) is 29.8 Å². The molecule has 0 radical (unpaired) electrons. The zero-order valence-corrected chi connectivity index (χ0v) is 12.1. The molecule has 122 valence electrons. The number of hydrogen-bond acceptors (Lipinski definition) is 3. The fourth-order valence-corrected chi connectivity index (χ4v) is 1.61. The number of halogens is 3. The van der Waals surface area contributed by atoms with Gasteiger partial charge in [-0.15, -0.1) is 0 Å². The lowest BCUT2D eigenvalue weighted by atomic mass is 10.2. The standard InChI is InChI=1S/C14H16F3NO4/c1-9(13(20)21)7-18(2)12(19)8-22-11-5-3-4-10(6-11)14(15,16)17/h3-6,9H,7-8H2,1-2H3,(H,20,21). The van der Waals surface area contributed by atoms with Gasteiger partial charge >= 0.3 is 12.1 Å². The van der Waals surface area contributed by atoms with Crippen LogP contribution in [0.15, 0.2) is 24.3 Å². The summed E-state index contributed by atoms with van der Waals surface area (Å²) >= 11 is 0. The summed E-state index contributed by atoms with van der Waals surface area (Å²) in [5, 5.41) is 8.75. The van der Waals surface area contributed by atoms with Gasteiger partial charge in [0, 0.05) is 13.6 Å². The minimum Gasteiger partial charge on any atom is -0.484 e. The van der Waals surface area contributed by atoms with E-state index in [0.29, 0.717) is 0 Å². The molecule has 0 aliphatic rings. The second kappa shape index (κ2) is 7.15. The predicted molar refractivity (Wildman–Crippen MR) is 71.4 cm³/mol. The highest BCUT2D eigenvalue weighted by Crippen LogP contribution is 2.31. The Bertz CT molecular complexity index is 545. The van der Waals surface area contributed by atoms with Gasteiger partial charge in [-0.2, -0.15) is 13.2 Å². The van der Waals surface area contributed by atoms with Crippen LogP contribution in [0.2, 0.25) is 0 Å². The number of benzene rings is 1. The number of likely N-dealkylation sites (N-methyl/N-ethyl adjacent to an activating group) is 1. The van der Waals surface area contributed by atoms with Crippen molar-refractivity contribution in [3.8, 4) is 5.75 Å². The fraction of sp³-hybridized carbons (Fsp3) is 0.429. The summed E-state index contributed by atoms with van der Waals surface area (Å²) in [5.74, 6) is -2.39. The molecule has 22 heavy (non-hydrogen) atoms. The number of rotatable bonds is 6. The Hall–Kier alpha value is -2.25. The molecule has 1 N–H and O–H groups in total. The van der Waals surface area contributed by atoms with Crippen molar-refractivity contribution in [2.45, 2.75) is 13.1 Å². The first-order valence-electron chi connectivity index (χ1n) is 6.38. The molecule has 0 saturated carbocycles. The summed E-state index contributed by atoms with van der Waals surface area (Å²) in [6.07, 6.45) is -4.49. The topological polar surface area (TPSA) is 66.8 Å². The fourth-order valence-electron chi connectivity index (χ4n) is 1.61. The highest BCUT2D eigenvalue weighted by Gasteiger charge is 2.30.